The van der Waals surface area contributed by atoms with Crippen LogP contribution in [0, 0.1) is 4.91 Å². The van der Waals surface area contributed by atoms with E-state index in [-0.39, 0.29) is 6.54 Å². The zero-order chi connectivity index (χ0) is 10.1. The van der Waals surface area contributed by atoms with Crippen LogP contribution in [-0.2, 0) is 13.0 Å². The van der Waals surface area contributed by atoms with Gasteiger partial charge in [0.15, 0.2) is 0 Å². The van der Waals surface area contributed by atoms with Crippen LogP contribution in [0.4, 0.5) is 0 Å². The zero-order valence-corrected chi connectivity index (χ0v) is 8.58. The van der Waals surface area contributed by atoms with Crippen molar-refractivity contribution >= 4 is 0 Å². The number of hydrogen-bond acceptors (Lipinski definition) is 2. The van der Waals surface area contributed by atoms with Gasteiger partial charge in [-0.15, -0.1) is 0 Å². The predicted octanol–water partition coefficient (Wildman–Crippen LogP) is 3.54. The van der Waals surface area contributed by atoms with E-state index in [4.69, 9.17) is 0 Å². The lowest BCUT2D eigenvalue weighted by molar-refractivity contribution is 1.03. The SMILES string of the molecule is CC.CCc1cccc(CN=O)c1. The Hall–Kier alpha value is -1.18. The number of benzene rings is 1. The Bertz CT molecular complexity index is 246. The number of rotatable bonds is 3. The summed E-state index contributed by atoms with van der Waals surface area (Å²) in [5.74, 6) is 0. The Morgan fingerprint density at radius 3 is 2.38 bits per heavy atom. The Morgan fingerprint density at radius 2 is 1.85 bits per heavy atom. The molecule has 0 amide bonds. The van der Waals surface area contributed by atoms with Gasteiger partial charge in [-0.25, -0.2) is 0 Å². The molecule has 0 heterocycles. The van der Waals surface area contributed by atoms with Crippen molar-refractivity contribution in [2.24, 2.45) is 5.18 Å². The van der Waals surface area contributed by atoms with Crippen molar-refractivity contribution in [1.29, 1.82) is 0 Å². The maximum Gasteiger partial charge on any atom is 0.106 e. The molecule has 0 spiro atoms. The van der Waals surface area contributed by atoms with Gasteiger partial charge in [0.25, 0.3) is 0 Å². The molecule has 0 aliphatic heterocycles. The van der Waals surface area contributed by atoms with E-state index >= 15 is 0 Å². The van der Waals surface area contributed by atoms with Gasteiger partial charge in [-0.05, 0) is 17.5 Å². The first kappa shape index (κ1) is 11.8. The van der Waals surface area contributed by atoms with Crippen molar-refractivity contribution < 1.29 is 0 Å². The van der Waals surface area contributed by atoms with Crippen molar-refractivity contribution in [3.8, 4) is 0 Å². The molecule has 0 saturated carbocycles. The predicted molar refractivity (Wildman–Crippen MR) is 56.7 cm³/mol. The molecule has 0 aromatic heterocycles. The van der Waals surface area contributed by atoms with Gasteiger partial charge in [0, 0.05) is 0 Å². The quantitative estimate of drug-likeness (QED) is 0.652. The Labute approximate surface area is 80.0 Å². The highest BCUT2D eigenvalue weighted by Crippen LogP contribution is 2.06. The fourth-order valence-electron chi connectivity index (χ4n) is 1.02. The summed E-state index contributed by atoms with van der Waals surface area (Å²) in [5.41, 5.74) is 2.26. The summed E-state index contributed by atoms with van der Waals surface area (Å²) in [6.45, 7) is 6.38. The summed E-state index contributed by atoms with van der Waals surface area (Å²) in [4.78, 5) is 9.92. The summed E-state index contributed by atoms with van der Waals surface area (Å²) < 4.78 is 0. The van der Waals surface area contributed by atoms with E-state index in [9.17, 15) is 4.91 Å². The molecule has 13 heavy (non-hydrogen) atoms. The highest BCUT2D eigenvalue weighted by Gasteiger charge is 1.92. The molecular formula is C11H17NO. The molecule has 0 atom stereocenters. The van der Waals surface area contributed by atoms with E-state index < -0.39 is 0 Å². The van der Waals surface area contributed by atoms with Gasteiger partial charge in [-0.2, -0.15) is 4.91 Å². The third-order valence-electron chi connectivity index (χ3n) is 1.65. The third-order valence-corrected chi connectivity index (χ3v) is 1.65. The van der Waals surface area contributed by atoms with Crippen LogP contribution in [0.3, 0.4) is 0 Å². The van der Waals surface area contributed by atoms with Gasteiger partial charge in [-0.3, -0.25) is 0 Å². The van der Waals surface area contributed by atoms with Crippen LogP contribution in [0.25, 0.3) is 0 Å². The summed E-state index contributed by atoms with van der Waals surface area (Å²) in [7, 11) is 0. The van der Waals surface area contributed by atoms with Crippen LogP contribution in [-0.4, -0.2) is 0 Å². The van der Waals surface area contributed by atoms with E-state index in [2.05, 4.69) is 12.1 Å². The van der Waals surface area contributed by atoms with Crippen molar-refractivity contribution in [1.82, 2.24) is 0 Å². The smallest absolute Gasteiger partial charge is 0.106 e. The third kappa shape index (κ3) is 4.41. The Morgan fingerprint density at radius 1 is 1.23 bits per heavy atom. The van der Waals surface area contributed by atoms with Gasteiger partial charge in [0.05, 0.1) is 0 Å². The number of aryl methyl sites for hydroxylation is 1. The van der Waals surface area contributed by atoms with E-state index in [1.54, 1.807) is 0 Å². The van der Waals surface area contributed by atoms with E-state index in [0.717, 1.165) is 12.0 Å². The highest BCUT2D eigenvalue weighted by molar-refractivity contribution is 5.23. The summed E-state index contributed by atoms with van der Waals surface area (Å²) in [6.07, 6.45) is 1.01. The standard InChI is InChI=1S/C9H11NO.C2H6/c1-2-8-4-3-5-9(6-8)7-10-11;1-2/h3-6H,2,7H2,1H3;1-2H3. The monoisotopic (exact) mass is 179 g/mol. The maximum absolute atomic E-state index is 9.92. The first-order valence-corrected chi connectivity index (χ1v) is 4.73. The number of nitrogens with zero attached hydrogens (tertiary/aromatic N) is 1. The average Bonchev–Trinajstić information content (AvgIpc) is 2.22. The molecule has 0 aliphatic rings. The normalized spacial score (nSPS) is 8.54. The van der Waals surface area contributed by atoms with Crippen LogP contribution < -0.4 is 0 Å². The molecule has 0 N–H and O–H groups in total. The molecule has 1 aromatic carbocycles. The van der Waals surface area contributed by atoms with Crippen LogP contribution >= 0.6 is 0 Å². The van der Waals surface area contributed by atoms with E-state index in [1.807, 2.05) is 38.1 Å². The molecule has 2 nitrogen and oxygen atoms in total. The van der Waals surface area contributed by atoms with Crippen LogP contribution in [0.15, 0.2) is 29.4 Å². The van der Waals surface area contributed by atoms with Crippen molar-refractivity contribution in [3.05, 3.63) is 40.3 Å². The van der Waals surface area contributed by atoms with Crippen molar-refractivity contribution in [2.45, 2.75) is 33.7 Å². The first-order chi connectivity index (χ1) is 6.36. The first-order valence-electron chi connectivity index (χ1n) is 4.73. The topological polar surface area (TPSA) is 29.4 Å². The molecule has 0 unspecified atom stereocenters. The number of nitroso groups, excluding NO2 is 1. The zero-order valence-electron chi connectivity index (χ0n) is 8.58. The second-order valence-corrected chi connectivity index (χ2v) is 2.46. The number of hydrogen-bond donors (Lipinski definition) is 0. The van der Waals surface area contributed by atoms with Crippen LogP contribution in [0.5, 0.6) is 0 Å². The van der Waals surface area contributed by atoms with Crippen molar-refractivity contribution in [3.63, 3.8) is 0 Å². The van der Waals surface area contributed by atoms with Gasteiger partial charge in [0.1, 0.15) is 6.54 Å². The minimum atomic E-state index is 0.286. The summed E-state index contributed by atoms with van der Waals surface area (Å²) in [6, 6.07) is 7.94. The van der Waals surface area contributed by atoms with Crippen molar-refractivity contribution in [2.75, 3.05) is 0 Å². The van der Waals surface area contributed by atoms with Gasteiger partial charge in [0.2, 0.25) is 0 Å². The second kappa shape index (κ2) is 7.47. The van der Waals surface area contributed by atoms with Crippen LogP contribution in [0.2, 0.25) is 0 Å². The minimum Gasteiger partial charge on any atom is -0.150 e. The minimum absolute atomic E-state index is 0.286. The summed E-state index contributed by atoms with van der Waals surface area (Å²) in [5, 5.41) is 2.83. The lowest BCUT2D eigenvalue weighted by Gasteiger charge is -1.97. The molecule has 0 aliphatic carbocycles. The molecule has 0 fully saturated rings. The fourth-order valence-corrected chi connectivity index (χ4v) is 1.02. The van der Waals surface area contributed by atoms with E-state index in [1.165, 1.54) is 5.56 Å². The average molecular weight is 179 g/mol. The van der Waals surface area contributed by atoms with Gasteiger partial charge < -0.3 is 0 Å². The molecule has 1 aromatic rings. The Kier molecular flexibility index (Phi) is 6.79. The fraction of sp³-hybridized carbons (Fsp3) is 0.455. The van der Waals surface area contributed by atoms with E-state index in [0.29, 0.717) is 0 Å². The molecule has 0 saturated heterocycles. The molecular weight excluding hydrogens is 162 g/mol. The highest BCUT2D eigenvalue weighted by atomic mass is 16.3. The van der Waals surface area contributed by atoms with Gasteiger partial charge >= 0.3 is 0 Å². The maximum atomic E-state index is 9.92. The summed E-state index contributed by atoms with van der Waals surface area (Å²) >= 11 is 0. The second-order valence-electron chi connectivity index (χ2n) is 2.46. The van der Waals surface area contributed by atoms with Gasteiger partial charge in [-0.1, -0.05) is 50.2 Å². The molecule has 0 radical (unpaired) electrons. The molecule has 0 bridgehead atoms. The molecule has 1 rings (SSSR count). The lowest BCUT2D eigenvalue weighted by atomic mass is 10.1. The van der Waals surface area contributed by atoms with Crippen LogP contribution in [0.1, 0.15) is 31.9 Å². The lowest BCUT2D eigenvalue weighted by Crippen LogP contribution is -1.84. The molecule has 2 heteroatoms. The molecule has 72 valence electrons. The Balaban J connectivity index is 0.000000671. The largest absolute Gasteiger partial charge is 0.150 e.